The maximum atomic E-state index is 2.36. The van der Waals surface area contributed by atoms with Crippen LogP contribution in [0.15, 0.2) is 231 Å². The highest BCUT2D eigenvalue weighted by atomic mass is 15.4. The highest BCUT2D eigenvalue weighted by molar-refractivity contribution is 6.06. The van der Waals surface area contributed by atoms with Crippen LogP contribution in [0.4, 0.5) is 22.7 Å². The Balaban J connectivity index is 0.00000136. The summed E-state index contributed by atoms with van der Waals surface area (Å²) in [5, 5.41) is 0. The Labute approximate surface area is 622 Å². The first kappa shape index (κ1) is 82.9. The van der Waals surface area contributed by atoms with E-state index in [4.69, 9.17) is 0 Å². The van der Waals surface area contributed by atoms with E-state index in [1.807, 2.05) is 13.8 Å². The molecule has 0 saturated heterocycles. The fraction of sp³-hybridized carbons (Fsp3) is 0.297. The summed E-state index contributed by atoms with van der Waals surface area (Å²) in [5.74, 6) is 4.33. The van der Waals surface area contributed by atoms with Crippen molar-refractivity contribution in [1.29, 1.82) is 0 Å². The zero-order valence-electron chi connectivity index (χ0n) is 64.3. The van der Waals surface area contributed by atoms with Crippen molar-refractivity contribution in [2.45, 2.75) is 50.0 Å². The van der Waals surface area contributed by atoms with Crippen LogP contribution in [0.2, 0.25) is 0 Å². The maximum absolute atomic E-state index is 2.36. The van der Waals surface area contributed by atoms with Gasteiger partial charge in [0.2, 0.25) is 0 Å². The highest BCUT2D eigenvalue weighted by Gasteiger charge is 2.28. The van der Waals surface area contributed by atoms with Crippen LogP contribution < -0.4 is 19.6 Å². The van der Waals surface area contributed by atoms with Gasteiger partial charge in [0.15, 0.2) is 0 Å². The minimum absolute atomic E-state index is 0. The third-order valence-electron chi connectivity index (χ3n) is 17.9. The third kappa shape index (κ3) is 19.1. The van der Waals surface area contributed by atoms with Gasteiger partial charge in [-0.15, -0.1) is 0 Å². The molecule has 10 aromatic rings. The molecule has 12 heteroatoms. The lowest BCUT2D eigenvalue weighted by atomic mass is 9.81. The predicted octanol–water partition coefficient (Wildman–Crippen LogP) is 18.8. The van der Waals surface area contributed by atoms with E-state index in [2.05, 4.69) is 443 Å². The van der Waals surface area contributed by atoms with Crippen LogP contribution in [-0.2, 0) is 0 Å². The summed E-state index contributed by atoms with van der Waals surface area (Å²) in [5.41, 5.74) is 25.4. The van der Waals surface area contributed by atoms with Crippen molar-refractivity contribution in [2.75, 3.05) is 161 Å². The van der Waals surface area contributed by atoms with Crippen molar-refractivity contribution in [3.63, 3.8) is 0 Å². The molecule has 0 amide bonds. The summed E-state index contributed by atoms with van der Waals surface area (Å²) < 4.78 is 8.61. The summed E-state index contributed by atoms with van der Waals surface area (Å²) >= 11 is 0. The fourth-order valence-electron chi connectivity index (χ4n) is 13.9. The van der Waals surface area contributed by atoms with Crippen molar-refractivity contribution in [1.82, 2.24) is 19.6 Å². The van der Waals surface area contributed by atoms with E-state index in [0.717, 1.165) is 124 Å². The van der Waals surface area contributed by atoms with E-state index in [-0.39, 0.29) is 22.3 Å². The molecule has 0 aliphatic heterocycles. The van der Waals surface area contributed by atoms with Gasteiger partial charge in [0.25, 0.3) is 0 Å². The zero-order valence-corrected chi connectivity index (χ0v) is 64.3. The molecule has 10 rings (SSSR count). The first-order valence-corrected chi connectivity index (χ1v) is 34.6. The van der Waals surface area contributed by atoms with Crippen LogP contribution in [-0.4, -0.2) is 203 Å². The predicted molar refractivity (Wildman–Crippen MR) is 454 cm³/mol. The van der Waals surface area contributed by atoms with Crippen LogP contribution >= 0.6 is 0 Å². The van der Waals surface area contributed by atoms with E-state index in [9.17, 15) is 0 Å². The van der Waals surface area contributed by atoms with Crippen molar-refractivity contribution in [2.24, 2.45) is 0 Å². The molecule has 0 N–H and O–H groups in total. The second-order valence-electron chi connectivity index (χ2n) is 27.1. The Bertz CT molecular complexity index is 4180. The summed E-state index contributed by atoms with van der Waals surface area (Å²) in [6.45, 7) is 8.19. The van der Waals surface area contributed by atoms with Gasteiger partial charge < -0.3 is 0 Å². The van der Waals surface area contributed by atoms with Crippen LogP contribution in [0.3, 0.4) is 0 Å². The van der Waals surface area contributed by atoms with Gasteiger partial charge in [-0.3, -0.25) is 37.9 Å². The van der Waals surface area contributed by atoms with Gasteiger partial charge in [0, 0.05) is 0 Å². The number of guanidine groups is 4. The molecule has 0 radical (unpaired) electrons. The van der Waals surface area contributed by atoms with Gasteiger partial charge >= 0.3 is 23.8 Å². The molecule has 10 aromatic carbocycles. The molecule has 103 heavy (non-hydrogen) atoms. The number of hydrogen-bond acceptors (Lipinski definition) is 0. The number of rotatable bonds is 12. The summed E-state index contributed by atoms with van der Waals surface area (Å²) in [6, 6.07) is 85.3. The minimum Gasteiger partial charge on any atom is -0.270 e. The number of anilines is 4. The molecule has 12 nitrogen and oxygen atoms in total. The van der Waals surface area contributed by atoms with E-state index in [1.54, 1.807) is 0 Å². The average Bonchev–Trinajstić information content (AvgIpc) is 0.752. The van der Waals surface area contributed by atoms with E-state index in [0.29, 0.717) is 0 Å². The number of aryl methyl sites for hydroxylation is 2. The van der Waals surface area contributed by atoms with Crippen LogP contribution in [0, 0.1) is 13.8 Å². The second-order valence-corrected chi connectivity index (χ2v) is 27.1. The van der Waals surface area contributed by atoms with Gasteiger partial charge in [-0.25, -0.2) is 19.6 Å². The zero-order chi connectivity index (χ0) is 72.8. The van der Waals surface area contributed by atoms with Crippen LogP contribution in [0.1, 0.15) is 47.3 Å². The molecule has 0 saturated carbocycles. The normalized spacial score (nSPS) is 10.3. The van der Waals surface area contributed by atoms with E-state index < -0.39 is 0 Å². The quantitative estimate of drug-likeness (QED) is 0.0681. The third-order valence-corrected chi connectivity index (χ3v) is 17.9. The second kappa shape index (κ2) is 37.3. The maximum Gasteiger partial charge on any atom is 0.354 e. The van der Waals surface area contributed by atoms with Gasteiger partial charge in [-0.05, 0) is 151 Å². The molecular weight excluding hydrogens is 1260 g/mol. The number of nitrogens with zero attached hydrogens (tertiary/aromatic N) is 12. The first-order valence-electron chi connectivity index (χ1n) is 34.6. The molecule has 0 unspecified atom stereocenters. The summed E-state index contributed by atoms with van der Waals surface area (Å²) in [7, 11) is 42.0. The van der Waals surface area contributed by atoms with Crippen molar-refractivity contribution in [3.05, 3.63) is 242 Å². The topological polar surface area (TPSA) is 38.0 Å². The van der Waals surface area contributed by atoms with Crippen molar-refractivity contribution in [3.8, 4) is 89.0 Å². The Morgan fingerprint density at radius 1 is 0.214 bits per heavy atom. The van der Waals surface area contributed by atoms with Crippen LogP contribution in [0.25, 0.3) is 89.0 Å². The molecule has 0 atom stereocenters. The van der Waals surface area contributed by atoms with Crippen LogP contribution in [0.5, 0.6) is 0 Å². The van der Waals surface area contributed by atoms with E-state index >= 15 is 0 Å². The SMILES string of the molecule is C.C.C.CC.CN(C)C(N(C)c1ccc(-c2ccc(-c3ccc(N(C)C(N(C)C)=[N+](C)C)cc3)c(-c3ccc(-c4c(-c5ccc(N(C)C(N(C)C)=[N+](C)C)cc5)ccc(-c5ccc(N(C)C(N(C)C)=[N+](C)C)cc5)c4-c4ccccc4)cc3)c2-c2ccccc2)cc1)=[N+](C)C.Cc1ccc(C)cc1. The fourth-order valence-corrected chi connectivity index (χ4v) is 13.9. The summed E-state index contributed by atoms with van der Waals surface area (Å²) in [6.07, 6.45) is 0. The molecule has 0 aliphatic rings. The molecule has 0 heterocycles. The highest BCUT2D eigenvalue weighted by Crippen LogP contribution is 2.49. The smallest absolute Gasteiger partial charge is 0.270 e. The number of hydrogen-bond donors (Lipinski definition) is 0. The lowest BCUT2D eigenvalue weighted by molar-refractivity contribution is -0.470. The lowest BCUT2D eigenvalue weighted by Gasteiger charge is -2.24. The molecule has 542 valence electrons. The molecular formula is C91H122N12+4. The Morgan fingerprint density at radius 3 is 0.544 bits per heavy atom. The molecule has 0 spiro atoms. The largest absolute Gasteiger partial charge is 0.354 e. The van der Waals surface area contributed by atoms with Crippen molar-refractivity contribution >= 4 is 46.6 Å². The molecule has 0 aromatic heterocycles. The summed E-state index contributed by atoms with van der Waals surface area (Å²) in [4.78, 5) is 17.6. The van der Waals surface area contributed by atoms with Gasteiger partial charge in [0.05, 0.1) is 141 Å². The average molecular weight is 1380 g/mol. The van der Waals surface area contributed by atoms with Crippen molar-refractivity contribution < 1.29 is 18.3 Å². The minimum atomic E-state index is 0. The standard InChI is InChI=1S/C78H94N12.C8H10.C2H6.3CH4/c1-79(2)75(80(3)4)87(17)63-43-35-55(36-44-63)67-51-53-69(57-39-47-65(48-40-57)89(19)77(83(9)10)84(11)12)73(71(67)59-27-23-21-24-28-59)61-31-33-62(34-32-61)74-70(58-41-49-66(50-42-58)90(20)78(85(13)14)86(15)16)54-52-68(72(74)60-29-25-22-26-30-60)56-37-45-64(46-38-56)88(18)76(81(5)6)82(7)8;1-7-3-5-8(2)6-4-7;1-2;;;/h21-54H,1-20H3;3-6H,1-2H3;1-2H3;3*1H4/q+4;;;;;. The molecule has 0 fully saturated rings. The lowest BCUT2D eigenvalue weighted by Crippen LogP contribution is -2.43. The van der Waals surface area contributed by atoms with Gasteiger partial charge in [-0.2, -0.15) is 0 Å². The van der Waals surface area contributed by atoms with Gasteiger partial charge in [-0.1, -0.05) is 229 Å². The number of benzene rings is 10. The Morgan fingerprint density at radius 2 is 0.379 bits per heavy atom. The monoisotopic (exact) mass is 1380 g/mol. The Kier molecular flexibility index (Phi) is 30.0. The first-order chi connectivity index (χ1) is 47.8. The van der Waals surface area contributed by atoms with E-state index in [1.165, 1.54) is 22.3 Å². The molecule has 0 aliphatic carbocycles. The molecule has 0 bridgehead atoms. The van der Waals surface area contributed by atoms with Gasteiger partial charge in [0.1, 0.15) is 22.7 Å². The Hall–Kier alpha value is -10.7.